The van der Waals surface area contributed by atoms with Crippen LogP contribution in [0.1, 0.15) is 58.4 Å². The van der Waals surface area contributed by atoms with Gasteiger partial charge in [0.25, 0.3) is 0 Å². The molecule has 0 aromatic heterocycles. The maximum absolute atomic E-state index is 7.48. The highest BCUT2D eigenvalue weighted by Crippen LogP contribution is 2.46. The molecule has 3 unspecified atom stereocenters. The fourth-order valence-electron chi connectivity index (χ4n) is 12.9. The SMILES string of the molecule is CO[C@H]1O[C@H](CO[C@H]2O[C@H](COCc3ccccc3)[C@@H](OCc3ccccc3)[C@H](OCc3ccccc3)[C@@H]2OCc2ccccc2)[C@H]2OC(C)(OC)C(C)(OC)O[C@@H]2[C@H]1OC1O[C@H](COCc2ccccc2)[C@@H](OCc2ccccc2)[C@H](OCc2ccccc2)[C@@H]1OCc1ccccc1. The van der Waals surface area contributed by atoms with Gasteiger partial charge in [-0.3, -0.25) is 0 Å². The predicted molar refractivity (Wildman–Crippen MR) is 367 cm³/mol. The third kappa shape index (κ3) is 19.0. The topological polar surface area (TPSA) is 166 Å². The summed E-state index contributed by atoms with van der Waals surface area (Å²) in [5.74, 6) is -3.09. The Morgan fingerprint density at radius 1 is 0.273 bits per heavy atom. The van der Waals surface area contributed by atoms with Gasteiger partial charge in [0, 0.05) is 21.3 Å². The molecule has 524 valence electrons. The Morgan fingerprint density at radius 2 is 0.556 bits per heavy atom. The Morgan fingerprint density at radius 3 is 0.889 bits per heavy atom. The minimum atomic E-state index is -1.55. The lowest BCUT2D eigenvalue weighted by Crippen LogP contribution is -2.74. The van der Waals surface area contributed by atoms with Crippen LogP contribution in [0.4, 0.5) is 0 Å². The first kappa shape index (κ1) is 71.9. The Hall–Kier alpha value is -6.96. The van der Waals surface area contributed by atoms with Crippen LogP contribution in [0.15, 0.2) is 243 Å². The molecule has 99 heavy (non-hydrogen) atoms. The first-order valence-corrected chi connectivity index (χ1v) is 34.0. The van der Waals surface area contributed by atoms with Crippen molar-refractivity contribution in [3.8, 4) is 0 Å². The van der Waals surface area contributed by atoms with Crippen molar-refractivity contribution >= 4 is 0 Å². The van der Waals surface area contributed by atoms with Crippen molar-refractivity contribution in [3.05, 3.63) is 287 Å². The van der Waals surface area contributed by atoms with Crippen molar-refractivity contribution in [3.63, 3.8) is 0 Å². The maximum Gasteiger partial charge on any atom is 0.220 e. The largest absolute Gasteiger partial charge is 0.374 e. The number of ether oxygens (including phenoxy) is 18. The molecule has 0 spiro atoms. The van der Waals surface area contributed by atoms with E-state index < -0.39 is 104 Å². The van der Waals surface area contributed by atoms with E-state index in [1.165, 1.54) is 14.2 Å². The standard InChI is InChI=1S/C81H92O18/c1-80(83-4)81(2,84-5)99-73-70(98-80)67(56-93-78-74(91-52-63-42-26-12-27-43-63)71(89-50-61-38-22-10-23-39-61)68(87-48-59-34-18-8-19-35-59)65(95-78)54-85-46-57-30-14-6-15-31-57)94-77(82-3)76(73)97-79-75(92-53-64-44-28-13-29-45-64)72(90-51-62-40-24-11-25-41-62)69(88-49-60-36-20-9-21-37-60)66(96-79)55-86-47-58-32-16-7-17-33-58/h6-45,65-79H,46-56H2,1-5H3/t65-,66-,67-,68-,69-,70-,71+,72+,73+,74+,75+,76-,77+,78+,79?,80?,81?/m1/s1. The van der Waals surface area contributed by atoms with Crippen molar-refractivity contribution in [2.75, 3.05) is 41.2 Å². The van der Waals surface area contributed by atoms with E-state index in [1.54, 1.807) is 21.0 Å². The van der Waals surface area contributed by atoms with E-state index in [2.05, 4.69) is 0 Å². The summed E-state index contributed by atoms with van der Waals surface area (Å²) in [6.45, 7) is 5.41. The zero-order valence-corrected chi connectivity index (χ0v) is 56.9. The van der Waals surface area contributed by atoms with Crippen LogP contribution in [0.2, 0.25) is 0 Å². The van der Waals surface area contributed by atoms with Gasteiger partial charge in [0.2, 0.25) is 11.6 Å². The molecule has 8 aromatic rings. The van der Waals surface area contributed by atoms with Crippen molar-refractivity contribution in [2.24, 2.45) is 0 Å². The van der Waals surface area contributed by atoms with Gasteiger partial charge in [-0.25, -0.2) is 0 Å². The third-order valence-corrected chi connectivity index (χ3v) is 18.5. The third-order valence-electron chi connectivity index (χ3n) is 18.5. The summed E-state index contributed by atoms with van der Waals surface area (Å²) in [5.41, 5.74) is 7.65. The Labute approximate surface area is 581 Å². The van der Waals surface area contributed by atoms with Gasteiger partial charge in [-0.15, -0.1) is 0 Å². The van der Waals surface area contributed by atoms with E-state index >= 15 is 0 Å². The Balaban J connectivity index is 0.890. The first-order valence-electron chi connectivity index (χ1n) is 34.0. The van der Waals surface area contributed by atoms with Gasteiger partial charge in [0.1, 0.15) is 73.2 Å². The van der Waals surface area contributed by atoms with Gasteiger partial charge in [-0.2, -0.15) is 0 Å². The van der Waals surface area contributed by atoms with Gasteiger partial charge in [0.15, 0.2) is 18.9 Å². The second kappa shape index (κ2) is 36.1. The Kier molecular flexibility index (Phi) is 26.2. The second-order valence-corrected chi connectivity index (χ2v) is 25.3. The highest BCUT2D eigenvalue weighted by Gasteiger charge is 2.64. The number of hydrogen-bond acceptors (Lipinski definition) is 18. The van der Waals surface area contributed by atoms with E-state index in [4.69, 9.17) is 85.3 Å². The quantitative estimate of drug-likeness (QED) is 0.0373. The van der Waals surface area contributed by atoms with Crippen molar-refractivity contribution in [1.82, 2.24) is 0 Å². The summed E-state index contributed by atoms with van der Waals surface area (Å²) in [7, 11) is 4.62. The second-order valence-electron chi connectivity index (χ2n) is 25.3. The minimum absolute atomic E-state index is 0.0794. The van der Waals surface area contributed by atoms with Crippen LogP contribution in [-0.4, -0.2) is 145 Å². The molecular weight excluding hydrogens is 1260 g/mol. The molecule has 4 heterocycles. The molecule has 0 saturated carbocycles. The maximum atomic E-state index is 7.48. The van der Waals surface area contributed by atoms with Crippen molar-refractivity contribution in [2.45, 2.75) is 170 Å². The Bertz CT molecular complexity index is 3560. The highest BCUT2D eigenvalue weighted by atomic mass is 16.8. The van der Waals surface area contributed by atoms with Crippen LogP contribution in [0.25, 0.3) is 0 Å². The van der Waals surface area contributed by atoms with Crippen LogP contribution >= 0.6 is 0 Å². The molecule has 4 fully saturated rings. The predicted octanol–water partition coefficient (Wildman–Crippen LogP) is 12.7. The monoisotopic (exact) mass is 1350 g/mol. The van der Waals surface area contributed by atoms with E-state index in [0.717, 1.165) is 44.5 Å². The molecule has 4 saturated heterocycles. The molecule has 4 aliphatic rings. The number of rotatable bonds is 34. The fraction of sp³-hybridized carbons (Fsp3) is 0.407. The van der Waals surface area contributed by atoms with E-state index in [-0.39, 0.29) is 59.5 Å². The average Bonchev–Trinajstić information content (AvgIpc) is 0.727. The van der Waals surface area contributed by atoms with Gasteiger partial charge in [-0.1, -0.05) is 243 Å². The summed E-state index contributed by atoms with van der Waals surface area (Å²) >= 11 is 0. The molecule has 0 amide bonds. The summed E-state index contributed by atoms with van der Waals surface area (Å²) in [6, 6.07) is 79.8. The van der Waals surface area contributed by atoms with Crippen molar-refractivity contribution in [1.29, 1.82) is 0 Å². The highest BCUT2D eigenvalue weighted by molar-refractivity contribution is 5.20. The smallest absolute Gasteiger partial charge is 0.220 e. The van der Waals surface area contributed by atoms with Gasteiger partial charge >= 0.3 is 0 Å². The molecule has 18 heteroatoms. The summed E-state index contributed by atoms with van der Waals surface area (Å²) in [6.07, 6.45) is -14.3. The summed E-state index contributed by atoms with van der Waals surface area (Å²) < 4.78 is 125. The number of methoxy groups -OCH3 is 3. The number of hydrogen-bond donors (Lipinski definition) is 0. The molecule has 4 aliphatic heterocycles. The van der Waals surface area contributed by atoms with E-state index in [9.17, 15) is 0 Å². The molecule has 0 bridgehead atoms. The molecule has 12 rings (SSSR count). The first-order chi connectivity index (χ1) is 48.7. The normalized spacial score (nSPS) is 29.2. The zero-order chi connectivity index (χ0) is 68.1. The van der Waals surface area contributed by atoms with Gasteiger partial charge in [0.05, 0.1) is 72.7 Å². The molecular formula is C81H92O18. The fourth-order valence-corrected chi connectivity index (χ4v) is 12.9. The lowest BCUT2D eigenvalue weighted by Gasteiger charge is -2.57. The van der Waals surface area contributed by atoms with E-state index in [1.807, 2.05) is 243 Å². The number of fused-ring (bicyclic) bond motifs is 1. The van der Waals surface area contributed by atoms with Gasteiger partial charge in [-0.05, 0) is 58.4 Å². The zero-order valence-electron chi connectivity index (χ0n) is 56.9. The molecule has 0 N–H and O–H groups in total. The van der Waals surface area contributed by atoms with Crippen LogP contribution in [-0.2, 0) is 138 Å². The van der Waals surface area contributed by atoms with Crippen LogP contribution in [0.5, 0.6) is 0 Å². The lowest BCUT2D eigenvalue weighted by molar-refractivity contribution is -0.487. The molecule has 0 aliphatic carbocycles. The molecule has 18 nitrogen and oxygen atoms in total. The van der Waals surface area contributed by atoms with Crippen LogP contribution < -0.4 is 0 Å². The van der Waals surface area contributed by atoms with E-state index in [0.29, 0.717) is 13.2 Å². The minimum Gasteiger partial charge on any atom is -0.374 e. The molecule has 8 aromatic carbocycles. The van der Waals surface area contributed by atoms with Crippen LogP contribution in [0, 0.1) is 0 Å². The van der Waals surface area contributed by atoms with Crippen molar-refractivity contribution < 1.29 is 85.3 Å². The molecule has 17 atom stereocenters. The van der Waals surface area contributed by atoms with Crippen LogP contribution in [0.3, 0.4) is 0 Å². The molecule has 0 radical (unpaired) electrons. The number of benzene rings is 8. The summed E-state index contributed by atoms with van der Waals surface area (Å²) in [5, 5.41) is 0. The van der Waals surface area contributed by atoms with Gasteiger partial charge < -0.3 is 85.3 Å². The summed E-state index contributed by atoms with van der Waals surface area (Å²) in [4.78, 5) is 0. The lowest BCUT2D eigenvalue weighted by atomic mass is 9.93. The average molecular weight is 1350 g/mol.